The fraction of sp³-hybridized carbons (Fsp3) is 0.800. The third kappa shape index (κ3) is 8.96. The fourth-order valence-corrected chi connectivity index (χ4v) is 1.93. The zero-order chi connectivity index (χ0) is 13.1. The highest BCUT2D eigenvalue weighted by Crippen LogP contribution is 2.19. The van der Waals surface area contributed by atoms with Gasteiger partial charge in [0.25, 0.3) is 0 Å². The normalized spacial score (nSPS) is 13.4. The van der Waals surface area contributed by atoms with Crippen LogP contribution < -0.4 is 0 Å². The van der Waals surface area contributed by atoms with Crippen molar-refractivity contribution in [3.05, 3.63) is 12.2 Å². The van der Waals surface area contributed by atoms with Crippen LogP contribution in [0.2, 0.25) is 0 Å². The van der Waals surface area contributed by atoms with E-state index in [4.69, 9.17) is 5.11 Å². The number of carbonyl (C=O) groups is 1. The highest BCUT2D eigenvalue weighted by Gasteiger charge is 2.20. The number of hydrogen-bond acceptors (Lipinski definition) is 1. The molecule has 0 rings (SSSR count). The van der Waals surface area contributed by atoms with Crippen LogP contribution in [0.5, 0.6) is 0 Å². The van der Waals surface area contributed by atoms with Gasteiger partial charge in [-0.3, -0.25) is 4.79 Å². The summed E-state index contributed by atoms with van der Waals surface area (Å²) < 4.78 is 0. The Labute approximate surface area is 106 Å². The lowest BCUT2D eigenvalue weighted by atomic mass is 9.90. The van der Waals surface area contributed by atoms with Crippen LogP contribution in [-0.2, 0) is 4.79 Å². The molecule has 0 saturated carbocycles. The highest BCUT2D eigenvalue weighted by molar-refractivity contribution is 5.70. The molecular weight excluding hydrogens is 212 g/mol. The second-order valence-corrected chi connectivity index (χ2v) is 5.09. The summed E-state index contributed by atoms with van der Waals surface area (Å²) in [5.74, 6) is -0.565. The van der Waals surface area contributed by atoms with Crippen molar-refractivity contribution in [1.82, 2.24) is 0 Å². The summed E-state index contributed by atoms with van der Waals surface area (Å²) in [5.41, 5.74) is 0. The molecule has 0 aliphatic heterocycles. The van der Waals surface area contributed by atoms with Crippen LogP contribution >= 0.6 is 0 Å². The molecule has 0 spiro atoms. The van der Waals surface area contributed by atoms with Crippen molar-refractivity contribution in [2.75, 3.05) is 0 Å². The van der Waals surface area contributed by atoms with Gasteiger partial charge in [0.05, 0.1) is 5.92 Å². The molecule has 0 aromatic rings. The first kappa shape index (κ1) is 16.2. The van der Waals surface area contributed by atoms with E-state index in [-0.39, 0.29) is 11.8 Å². The van der Waals surface area contributed by atoms with Crippen LogP contribution in [0.4, 0.5) is 0 Å². The summed E-state index contributed by atoms with van der Waals surface area (Å²) >= 11 is 0. The van der Waals surface area contributed by atoms with Gasteiger partial charge < -0.3 is 5.11 Å². The molecule has 2 nitrogen and oxygen atoms in total. The van der Waals surface area contributed by atoms with Crippen molar-refractivity contribution in [2.24, 2.45) is 11.8 Å². The van der Waals surface area contributed by atoms with E-state index in [0.717, 1.165) is 25.7 Å². The van der Waals surface area contributed by atoms with Gasteiger partial charge in [-0.05, 0) is 31.6 Å². The number of carboxylic acid groups (broad SMARTS) is 1. The highest BCUT2D eigenvalue weighted by atomic mass is 16.4. The molecule has 0 saturated heterocycles. The van der Waals surface area contributed by atoms with Crippen molar-refractivity contribution < 1.29 is 9.90 Å². The van der Waals surface area contributed by atoms with Crippen molar-refractivity contribution in [1.29, 1.82) is 0 Å². The van der Waals surface area contributed by atoms with E-state index in [0.29, 0.717) is 0 Å². The fourth-order valence-electron chi connectivity index (χ4n) is 1.93. The first-order valence-electron chi connectivity index (χ1n) is 6.97. The molecule has 100 valence electrons. The van der Waals surface area contributed by atoms with Crippen LogP contribution in [0.3, 0.4) is 0 Å². The van der Waals surface area contributed by atoms with Crippen LogP contribution in [0.25, 0.3) is 0 Å². The molecule has 0 fully saturated rings. The number of carboxylic acids is 1. The van der Waals surface area contributed by atoms with Crippen LogP contribution in [0.1, 0.15) is 65.7 Å². The molecule has 1 atom stereocenters. The Balaban J connectivity index is 3.55. The maximum Gasteiger partial charge on any atom is 0.306 e. The number of aliphatic carboxylic acids is 1. The molecule has 0 aliphatic rings. The predicted octanol–water partition coefficient (Wildman–Crippen LogP) is 4.65. The smallest absolute Gasteiger partial charge is 0.306 e. The summed E-state index contributed by atoms with van der Waals surface area (Å²) in [4.78, 5) is 11.0. The summed E-state index contributed by atoms with van der Waals surface area (Å²) in [6.45, 7) is 6.18. The molecule has 0 aromatic carbocycles. The van der Waals surface area contributed by atoms with Crippen LogP contribution in [0, 0.1) is 11.8 Å². The largest absolute Gasteiger partial charge is 0.481 e. The van der Waals surface area contributed by atoms with Crippen molar-refractivity contribution in [3.8, 4) is 0 Å². The molecule has 0 heterocycles. The molecule has 1 N–H and O–H groups in total. The van der Waals surface area contributed by atoms with Crippen molar-refractivity contribution in [3.63, 3.8) is 0 Å². The van der Waals surface area contributed by atoms with E-state index in [1.165, 1.54) is 19.3 Å². The maximum absolute atomic E-state index is 11.0. The number of unbranched alkanes of at least 4 members (excludes halogenated alkanes) is 4. The van der Waals surface area contributed by atoms with Gasteiger partial charge in [0.2, 0.25) is 0 Å². The third-order valence-corrected chi connectivity index (χ3v) is 3.15. The number of allylic oxidation sites excluding steroid dienone is 2. The lowest BCUT2D eigenvalue weighted by Gasteiger charge is -2.15. The third-order valence-electron chi connectivity index (χ3n) is 3.15. The van der Waals surface area contributed by atoms with Crippen molar-refractivity contribution >= 4 is 5.97 Å². The van der Waals surface area contributed by atoms with E-state index < -0.39 is 5.97 Å². The number of rotatable bonds is 10. The summed E-state index contributed by atoms with van der Waals surface area (Å²) in [7, 11) is 0. The van der Waals surface area contributed by atoms with Gasteiger partial charge >= 0.3 is 5.97 Å². The topological polar surface area (TPSA) is 37.3 Å². The van der Waals surface area contributed by atoms with Gasteiger partial charge in [0.15, 0.2) is 0 Å². The van der Waals surface area contributed by atoms with E-state index >= 15 is 0 Å². The molecule has 0 bridgehead atoms. The van der Waals surface area contributed by atoms with E-state index in [1.54, 1.807) is 0 Å². The zero-order valence-electron chi connectivity index (χ0n) is 11.6. The lowest BCUT2D eigenvalue weighted by molar-refractivity contribution is -0.143. The quantitative estimate of drug-likeness (QED) is 0.446. The minimum atomic E-state index is -0.640. The molecule has 1 unspecified atom stereocenters. The van der Waals surface area contributed by atoms with E-state index in [9.17, 15) is 4.79 Å². The van der Waals surface area contributed by atoms with E-state index in [2.05, 4.69) is 19.1 Å². The Morgan fingerprint density at radius 2 is 1.71 bits per heavy atom. The Bertz CT molecular complexity index is 219. The van der Waals surface area contributed by atoms with Crippen LogP contribution in [-0.4, -0.2) is 11.1 Å². The minimum absolute atomic E-state index is 0.168. The Morgan fingerprint density at radius 3 is 2.18 bits per heavy atom. The first-order valence-corrected chi connectivity index (χ1v) is 6.97. The maximum atomic E-state index is 11.0. The summed E-state index contributed by atoms with van der Waals surface area (Å²) in [6.07, 6.45) is 12.2. The van der Waals surface area contributed by atoms with Gasteiger partial charge in [-0.1, -0.05) is 52.2 Å². The molecule has 0 aromatic heterocycles. The van der Waals surface area contributed by atoms with Crippen molar-refractivity contribution in [2.45, 2.75) is 65.7 Å². The molecule has 0 aliphatic carbocycles. The molecule has 17 heavy (non-hydrogen) atoms. The molecule has 2 heteroatoms. The SMILES string of the molecule is CCCCC=CCCCCC(C(=O)O)C(C)C. The van der Waals surface area contributed by atoms with Gasteiger partial charge in [-0.15, -0.1) is 0 Å². The summed E-state index contributed by atoms with van der Waals surface area (Å²) in [6, 6.07) is 0. The second-order valence-electron chi connectivity index (χ2n) is 5.09. The van der Waals surface area contributed by atoms with Gasteiger partial charge in [-0.25, -0.2) is 0 Å². The standard InChI is InChI=1S/C15H28O2/c1-4-5-6-7-8-9-10-11-12-14(13(2)3)15(16)17/h7-8,13-14H,4-6,9-12H2,1-3H3,(H,16,17). The van der Waals surface area contributed by atoms with Gasteiger partial charge in [0.1, 0.15) is 0 Å². The lowest BCUT2D eigenvalue weighted by Crippen LogP contribution is -2.19. The zero-order valence-corrected chi connectivity index (χ0v) is 11.6. The minimum Gasteiger partial charge on any atom is -0.481 e. The summed E-state index contributed by atoms with van der Waals surface area (Å²) in [5, 5.41) is 9.03. The van der Waals surface area contributed by atoms with Gasteiger partial charge in [-0.2, -0.15) is 0 Å². The predicted molar refractivity (Wildman–Crippen MR) is 73.1 cm³/mol. The number of hydrogen-bond donors (Lipinski definition) is 1. The monoisotopic (exact) mass is 240 g/mol. The van der Waals surface area contributed by atoms with Crippen LogP contribution in [0.15, 0.2) is 12.2 Å². The molecule has 0 amide bonds. The van der Waals surface area contributed by atoms with E-state index in [1.807, 2.05) is 13.8 Å². The average molecular weight is 240 g/mol. The second kappa shape index (κ2) is 10.4. The van der Waals surface area contributed by atoms with Gasteiger partial charge in [0, 0.05) is 0 Å². The Kier molecular flexibility index (Phi) is 9.89. The Morgan fingerprint density at radius 1 is 1.12 bits per heavy atom. The molecule has 0 radical (unpaired) electrons. The molecular formula is C15H28O2. The average Bonchev–Trinajstić information content (AvgIpc) is 2.26. The Hall–Kier alpha value is -0.790. The first-order chi connectivity index (χ1) is 8.09.